The molecule has 0 saturated carbocycles. The molecule has 0 heterocycles. The van der Waals surface area contributed by atoms with Crippen LogP contribution in [-0.2, 0) is 6.61 Å². The van der Waals surface area contributed by atoms with Gasteiger partial charge in [-0.25, -0.2) is 0 Å². The van der Waals surface area contributed by atoms with E-state index in [0.29, 0.717) is 12.5 Å². The predicted molar refractivity (Wildman–Crippen MR) is 65.1 cm³/mol. The summed E-state index contributed by atoms with van der Waals surface area (Å²) in [6.45, 7) is 6.88. The maximum absolute atomic E-state index is 9.23. The lowest BCUT2D eigenvalue weighted by Gasteiger charge is -2.15. The largest absolute Gasteiger partial charge is 0.493 e. The first-order valence-electron chi connectivity index (χ1n) is 5.07. The van der Waals surface area contributed by atoms with Crippen LogP contribution in [0.25, 0.3) is 0 Å². The van der Waals surface area contributed by atoms with Crippen molar-refractivity contribution in [3.63, 3.8) is 0 Å². The van der Waals surface area contributed by atoms with E-state index < -0.39 is 0 Å². The van der Waals surface area contributed by atoms with E-state index in [2.05, 4.69) is 29.8 Å². The molecule has 0 saturated heterocycles. The van der Waals surface area contributed by atoms with E-state index >= 15 is 0 Å². The summed E-state index contributed by atoms with van der Waals surface area (Å²) in [7, 11) is 0. The molecule has 1 aromatic rings. The smallest absolute Gasteiger partial charge is 0.127 e. The Hall–Kier alpha value is -0.540. The average Bonchev–Trinajstić information content (AvgIpc) is 2.14. The minimum atomic E-state index is 0.00765. The molecule has 0 radical (unpaired) electrons. The van der Waals surface area contributed by atoms with E-state index in [1.165, 1.54) is 0 Å². The SMILES string of the molecule is Cc1cc(Br)cc(CO)c1OCC(C)C. The second kappa shape index (κ2) is 5.52. The van der Waals surface area contributed by atoms with Gasteiger partial charge in [-0.3, -0.25) is 0 Å². The fraction of sp³-hybridized carbons (Fsp3) is 0.500. The van der Waals surface area contributed by atoms with E-state index in [1.807, 2.05) is 19.1 Å². The Morgan fingerprint density at radius 3 is 2.60 bits per heavy atom. The van der Waals surface area contributed by atoms with Crippen LogP contribution in [0.1, 0.15) is 25.0 Å². The molecule has 0 bridgehead atoms. The van der Waals surface area contributed by atoms with Crippen LogP contribution in [0.3, 0.4) is 0 Å². The summed E-state index contributed by atoms with van der Waals surface area (Å²) in [5.41, 5.74) is 1.89. The number of ether oxygens (including phenoxy) is 1. The number of aliphatic hydroxyl groups excluding tert-OH is 1. The van der Waals surface area contributed by atoms with Gasteiger partial charge in [0.2, 0.25) is 0 Å². The van der Waals surface area contributed by atoms with Gasteiger partial charge < -0.3 is 9.84 Å². The van der Waals surface area contributed by atoms with Crippen LogP contribution in [0.5, 0.6) is 5.75 Å². The zero-order valence-electron chi connectivity index (χ0n) is 9.38. The molecule has 1 aromatic carbocycles. The molecule has 0 amide bonds. The van der Waals surface area contributed by atoms with Crippen molar-refractivity contribution in [2.24, 2.45) is 5.92 Å². The summed E-state index contributed by atoms with van der Waals surface area (Å²) in [5.74, 6) is 1.30. The summed E-state index contributed by atoms with van der Waals surface area (Å²) in [6, 6.07) is 3.89. The molecule has 84 valence electrons. The molecule has 0 atom stereocenters. The molecule has 0 aliphatic heterocycles. The molecule has 0 aromatic heterocycles. The Balaban J connectivity index is 2.93. The lowest BCUT2D eigenvalue weighted by atomic mass is 10.1. The maximum atomic E-state index is 9.23. The Kier molecular flexibility index (Phi) is 4.61. The summed E-state index contributed by atoms with van der Waals surface area (Å²) in [6.07, 6.45) is 0. The van der Waals surface area contributed by atoms with Crippen LogP contribution in [0.2, 0.25) is 0 Å². The molecule has 1 rings (SSSR count). The highest BCUT2D eigenvalue weighted by Gasteiger charge is 2.08. The zero-order valence-corrected chi connectivity index (χ0v) is 11.0. The van der Waals surface area contributed by atoms with Crippen LogP contribution < -0.4 is 4.74 Å². The zero-order chi connectivity index (χ0) is 11.4. The molecule has 3 heteroatoms. The van der Waals surface area contributed by atoms with Crippen molar-refractivity contribution in [2.75, 3.05) is 6.61 Å². The number of hydrogen-bond donors (Lipinski definition) is 1. The first-order valence-corrected chi connectivity index (χ1v) is 5.86. The van der Waals surface area contributed by atoms with Gasteiger partial charge in [0.05, 0.1) is 13.2 Å². The van der Waals surface area contributed by atoms with E-state index in [4.69, 9.17) is 4.74 Å². The third-order valence-electron chi connectivity index (χ3n) is 2.05. The fourth-order valence-corrected chi connectivity index (χ4v) is 1.99. The van der Waals surface area contributed by atoms with Crippen LogP contribution >= 0.6 is 15.9 Å². The lowest BCUT2D eigenvalue weighted by molar-refractivity contribution is 0.244. The molecule has 0 spiro atoms. The predicted octanol–water partition coefficient (Wildman–Crippen LogP) is 3.28. The molecular weight excluding hydrogens is 256 g/mol. The number of hydrogen-bond acceptors (Lipinski definition) is 2. The average molecular weight is 273 g/mol. The normalized spacial score (nSPS) is 10.8. The standard InChI is InChI=1S/C12H17BrO2/c1-8(2)7-15-12-9(3)4-11(13)5-10(12)6-14/h4-5,8,14H,6-7H2,1-3H3. The molecule has 0 aliphatic rings. The van der Waals surface area contributed by atoms with Crippen molar-refractivity contribution in [3.05, 3.63) is 27.7 Å². The quantitative estimate of drug-likeness (QED) is 0.912. The van der Waals surface area contributed by atoms with E-state index in [0.717, 1.165) is 21.3 Å². The third-order valence-corrected chi connectivity index (χ3v) is 2.51. The Morgan fingerprint density at radius 1 is 1.40 bits per heavy atom. The minimum absolute atomic E-state index is 0.00765. The van der Waals surface area contributed by atoms with Gasteiger partial charge in [0.25, 0.3) is 0 Å². The number of benzene rings is 1. The lowest BCUT2D eigenvalue weighted by Crippen LogP contribution is -2.07. The third kappa shape index (κ3) is 3.50. The van der Waals surface area contributed by atoms with Gasteiger partial charge in [0.15, 0.2) is 0 Å². The van der Waals surface area contributed by atoms with Crippen LogP contribution in [0.4, 0.5) is 0 Å². The Bertz CT molecular complexity index is 335. The summed E-state index contributed by atoms with van der Waals surface area (Å²) in [4.78, 5) is 0. The molecule has 0 fully saturated rings. The molecule has 1 N–H and O–H groups in total. The first-order chi connectivity index (χ1) is 7.04. The number of aryl methyl sites for hydroxylation is 1. The van der Waals surface area contributed by atoms with E-state index in [-0.39, 0.29) is 6.61 Å². The van der Waals surface area contributed by atoms with Crippen molar-refractivity contribution < 1.29 is 9.84 Å². The summed E-state index contributed by atoms with van der Waals surface area (Å²) < 4.78 is 6.67. The van der Waals surface area contributed by atoms with Crippen LogP contribution in [0, 0.1) is 12.8 Å². The van der Waals surface area contributed by atoms with Gasteiger partial charge in [0, 0.05) is 10.0 Å². The second-order valence-electron chi connectivity index (χ2n) is 4.07. The van der Waals surface area contributed by atoms with E-state index in [9.17, 15) is 5.11 Å². The highest BCUT2D eigenvalue weighted by atomic mass is 79.9. The highest BCUT2D eigenvalue weighted by Crippen LogP contribution is 2.28. The molecule has 2 nitrogen and oxygen atoms in total. The number of aliphatic hydroxyl groups is 1. The molecule has 0 aliphatic carbocycles. The second-order valence-corrected chi connectivity index (χ2v) is 4.99. The van der Waals surface area contributed by atoms with Crippen molar-refractivity contribution >= 4 is 15.9 Å². The van der Waals surface area contributed by atoms with E-state index in [1.54, 1.807) is 0 Å². The van der Waals surface area contributed by atoms with Crippen molar-refractivity contribution in [2.45, 2.75) is 27.4 Å². The van der Waals surface area contributed by atoms with Crippen molar-refractivity contribution in [3.8, 4) is 5.75 Å². The topological polar surface area (TPSA) is 29.5 Å². The van der Waals surface area contributed by atoms with Gasteiger partial charge in [-0.05, 0) is 30.5 Å². The Labute approximate surface area is 99.4 Å². The minimum Gasteiger partial charge on any atom is -0.493 e. The summed E-state index contributed by atoms with van der Waals surface area (Å²) >= 11 is 3.40. The number of halogens is 1. The van der Waals surface area contributed by atoms with Crippen molar-refractivity contribution in [1.29, 1.82) is 0 Å². The van der Waals surface area contributed by atoms with Gasteiger partial charge in [0.1, 0.15) is 5.75 Å². The fourth-order valence-electron chi connectivity index (χ4n) is 1.37. The van der Waals surface area contributed by atoms with Gasteiger partial charge in [-0.1, -0.05) is 29.8 Å². The first kappa shape index (κ1) is 12.5. The highest BCUT2D eigenvalue weighted by molar-refractivity contribution is 9.10. The summed E-state index contributed by atoms with van der Waals surface area (Å²) in [5, 5.41) is 9.23. The molecule has 15 heavy (non-hydrogen) atoms. The Morgan fingerprint density at radius 2 is 2.07 bits per heavy atom. The monoisotopic (exact) mass is 272 g/mol. The molecular formula is C12H17BrO2. The van der Waals surface area contributed by atoms with Gasteiger partial charge in [-0.2, -0.15) is 0 Å². The van der Waals surface area contributed by atoms with Gasteiger partial charge in [-0.15, -0.1) is 0 Å². The number of rotatable bonds is 4. The van der Waals surface area contributed by atoms with Crippen LogP contribution in [0.15, 0.2) is 16.6 Å². The molecule has 0 unspecified atom stereocenters. The maximum Gasteiger partial charge on any atom is 0.127 e. The van der Waals surface area contributed by atoms with Crippen LogP contribution in [-0.4, -0.2) is 11.7 Å². The van der Waals surface area contributed by atoms with Gasteiger partial charge >= 0.3 is 0 Å². The van der Waals surface area contributed by atoms with Crippen molar-refractivity contribution in [1.82, 2.24) is 0 Å².